The smallest absolute Gasteiger partial charge is 0.153 e. The van der Waals surface area contributed by atoms with Crippen molar-refractivity contribution < 1.29 is 0 Å². The van der Waals surface area contributed by atoms with Crippen molar-refractivity contribution in [1.82, 2.24) is 9.36 Å². The summed E-state index contributed by atoms with van der Waals surface area (Å²) in [6.07, 6.45) is 1.76. The molecule has 0 unspecified atom stereocenters. The molecule has 0 bridgehead atoms. The van der Waals surface area contributed by atoms with Crippen LogP contribution in [0.1, 0.15) is 0 Å². The molecule has 4 heteroatoms. The van der Waals surface area contributed by atoms with Crippen LogP contribution in [0, 0.1) is 0 Å². The molecule has 0 fully saturated rings. The third-order valence-electron chi connectivity index (χ3n) is 2.29. The van der Waals surface area contributed by atoms with Gasteiger partial charge in [0, 0.05) is 11.6 Å². The van der Waals surface area contributed by atoms with Crippen molar-refractivity contribution in [1.29, 1.82) is 0 Å². The average molecular weight is 227 g/mol. The molecule has 0 radical (unpaired) electrons. The number of rotatable bonds is 2. The Balaban J connectivity index is 2.01. The molecule has 0 aliphatic heterocycles. The van der Waals surface area contributed by atoms with Crippen molar-refractivity contribution in [3.05, 3.63) is 48.7 Å². The fraction of sp³-hybridized carbons (Fsp3) is 0. The second-order valence-corrected chi connectivity index (χ2v) is 4.17. The Morgan fingerprint density at radius 1 is 1.00 bits per heavy atom. The summed E-state index contributed by atoms with van der Waals surface area (Å²) < 4.78 is 5.56. The summed E-state index contributed by atoms with van der Waals surface area (Å²) in [5, 5.41) is 4.35. The largest absolute Gasteiger partial charge is 0.324 e. The molecule has 0 spiro atoms. The summed E-state index contributed by atoms with van der Waals surface area (Å²) in [7, 11) is 0. The van der Waals surface area contributed by atoms with Crippen molar-refractivity contribution >= 4 is 33.3 Å². The maximum Gasteiger partial charge on any atom is 0.153 e. The van der Waals surface area contributed by atoms with Crippen molar-refractivity contribution in [2.24, 2.45) is 0 Å². The van der Waals surface area contributed by atoms with E-state index in [-0.39, 0.29) is 0 Å². The normalized spacial score (nSPS) is 10.5. The molecule has 1 N–H and O–H groups in total. The minimum Gasteiger partial charge on any atom is -0.324 e. The van der Waals surface area contributed by atoms with Gasteiger partial charge in [0.25, 0.3) is 0 Å². The molecule has 3 aromatic rings. The summed E-state index contributed by atoms with van der Waals surface area (Å²) in [6.45, 7) is 0. The van der Waals surface area contributed by atoms with Gasteiger partial charge in [-0.25, -0.2) is 4.98 Å². The third-order valence-corrected chi connectivity index (χ3v) is 3.12. The summed E-state index contributed by atoms with van der Waals surface area (Å²) in [6, 6.07) is 13.9. The Morgan fingerprint density at radius 3 is 2.75 bits per heavy atom. The van der Waals surface area contributed by atoms with E-state index in [0.29, 0.717) is 0 Å². The van der Waals surface area contributed by atoms with E-state index in [1.165, 1.54) is 16.2 Å². The van der Waals surface area contributed by atoms with Crippen LogP contribution in [0.2, 0.25) is 0 Å². The van der Waals surface area contributed by atoms with Gasteiger partial charge in [-0.3, -0.25) is 0 Å². The molecule has 78 valence electrons. The number of hydrogen-bond donors (Lipinski definition) is 1. The standard InChI is InChI=1S/C12H9N3S/c1-2-6-10-9(5-1)12(15-16-10)14-11-7-3-4-8-13-11/h1-8H,(H,13,14,15). The summed E-state index contributed by atoms with van der Waals surface area (Å²) >= 11 is 1.49. The molecular formula is C12H9N3S. The Bertz CT molecular complexity index is 604. The average Bonchev–Trinajstić information content (AvgIpc) is 2.74. The first kappa shape index (κ1) is 9.30. The predicted octanol–water partition coefficient (Wildman–Crippen LogP) is 3.43. The lowest BCUT2D eigenvalue weighted by molar-refractivity contribution is 1.30. The van der Waals surface area contributed by atoms with Crippen molar-refractivity contribution in [2.75, 3.05) is 5.32 Å². The molecule has 0 saturated carbocycles. The summed E-state index contributed by atoms with van der Waals surface area (Å²) in [4.78, 5) is 4.21. The van der Waals surface area contributed by atoms with Crippen LogP contribution in [0.5, 0.6) is 0 Å². The van der Waals surface area contributed by atoms with E-state index < -0.39 is 0 Å². The zero-order valence-electron chi connectivity index (χ0n) is 8.42. The third kappa shape index (κ3) is 1.63. The molecule has 0 saturated heterocycles. The zero-order valence-corrected chi connectivity index (χ0v) is 9.24. The van der Waals surface area contributed by atoms with Crippen LogP contribution in [0.25, 0.3) is 10.1 Å². The predicted molar refractivity (Wildman–Crippen MR) is 67.1 cm³/mol. The van der Waals surface area contributed by atoms with Crippen molar-refractivity contribution in [3.63, 3.8) is 0 Å². The lowest BCUT2D eigenvalue weighted by atomic mass is 10.2. The van der Waals surface area contributed by atoms with E-state index in [1.807, 2.05) is 30.3 Å². The molecule has 16 heavy (non-hydrogen) atoms. The number of nitrogens with zero attached hydrogens (tertiary/aromatic N) is 2. The van der Waals surface area contributed by atoms with Crippen LogP contribution < -0.4 is 5.32 Å². The summed E-state index contributed by atoms with van der Waals surface area (Å²) in [5.41, 5.74) is 0. The first-order chi connectivity index (χ1) is 7.93. The van der Waals surface area contributed by atoms with Gasteiger partial charge < -0.3 is 5.32 Å². The van der Waals surface area contributed by atoms with Crippen LogP contribution in [-0.4, -0.2) is 9.36 Å². The lowest BCUT2D eigenvalue weighted by Gasteiger charge is -2.01. The highest BCUT2D eigenvalue weighted by Gasteiger charge is 2.04. The van der Waals surface area contributed by atoms with Crippen LogP contribution in [0.15, 0.2) is 48.7 Å². The lowest BCUT2D eigenvalue weighted by Crippen LogP contribution is -1.92. The first-order valence-electron chi connectivity index (χ1n) is 4.96. The molecule has 0 aliphatic carbocycles. The van der Waals surface area contributed by atoms with Crippen molar-refractivity contribution in [2.45, 2.75) is 0 Å². The molecule has 3 nitrogen and oxygen atoms in total. The zero-order chi connectivity index (χ0) is 10.8. The summed E-state index contributed by atoms with van der Waals surface area (Å²) in [5.74, 6) is 1.69. The molecule has 0 amide bonds. The van der Waals surface area contributed by atoms with E-state index >= 15 is 0 Å². The van der Waals surface area contributed by atoms with Gasteiger partial charge >= 0.3 is 0 Å². The minimum atomic E-state index is 0.818. The quantitative estimate of drug-likeness (QED) is 0.728. The molecule has 1 aromatic carbocycles. The Morgan fingerprint density at radius 2 is 1.88 bits per heavy atom. The fourth-order valence-electron chi connectivity index (χ4n) is 1.53. The van der Waals surface area contributed by atoms with Gasteiger partial charge in [-0.05, 0) is 35.8 Å². The van der Waals surface area contributed by atoms with E-state index in [2.05, 4.69) is 26.8 Å². The molecular weight excluding hydrogens is 218 g/mol. The molecule has 0 aliphatic rings. The van der Waals surface area contributed by atoms with Crippen LogP contribution in [-0.2, 0) is 0 Å². The Labute approximate surface area is 96.9 Å². The van der Waals surface area contributed by atoms with E-state index in [0.717, 1.165) is 17.0 Å². The minimum absolute atomic E-state index is 0.818. The van der Waals surface area contributed by atoms with Gasteiger partial charge in [0.2, 0.25) is 0 Å². The Hall–Kier alpha value is -1.94. The second kappa shape index (κ2) is 3.90. The van der Waals surface area contributed by atoms with Gasteiger partial charge in [0.1, 0.15) is 5.82 Å². The first-order valence-corrected chi connectivity index (χ1v) is 5.73. The Kier molecular flexibility index (Phi) is 2.27. The molecule has 3 rings (SSSR count). The number of fused-ring (bicyclic) bond motifs is 1. The van der Waals surface area contributed by atoms with Crippen LogP contribution in [0.3, 0.4) is 0 Å². The van der Waals surface area contributed by atoms with Crippen molar-refractivity contribution in [3.8, 4) is 0 Å². The van der Waals surface area contributed by atoms with Gasteiger partial charge in [-0.15, -0.1) is 0 Å². The van der Waals surface area contributed by atoms with Crippen LogP contribution in [0.4, 0.5) is 11.6 Å². The van der Waals surface area contributed by atoms with E-state index in [1.54, 1.807) is 6.20 Å². The van der Waals surface area contributed by atoms with Crippen LogP contribution >= 0.6 is 11.5 Å². The topological polar surface area (TPSA) is 37.8 Å². The second-order valence-electron chi connectivity index (χ2n) is 3.37. The van der Waals surface area contributed by atoms with Gasteiger partial charge in [0.05, 0.1) is 4.70 Å². The fourth-order valence-corrected chi connectivity index (χ4v) is 2.27. The maximum absolute atomic E-state index is 4.38. The molecule has 0 atom stereocenters. The molecule has 2 aromatic heterocycles. The number of nitrogens with one attached hydrogen (secondary N) is 1. The highest BCUT2D eigenvalue weighted by atomic mass is 32.1. The van der Waals surface area contributed by atoms with Gasteiger partial charge in [-0.1, -0.05) is 18.2 Å². The number of hydrogen-bond acceptors (Lipinski definition) is 4. The molecule has 2 heterocycles. The van der Waals surface area contributed by atoms with E-state index in [4.69, 9.17) is 0 Å². The maximum atomic E-state index is 4.38. The number of benzene rings is 1. The van der Waals surface area contributed by atoms with E-state index in [9.17, 15) is 0 Å². The highest BCUT2D eigenvalue weighted by molar-refractivity contribution is 7.13. The number of anilines is 2. The monoisotopic (exact) mass is 227 g/mol. The van der Waals surface area contributed by atoms with Gasteiger partial charge in [0.15, 0.2) is 5.82 Å². The number of pyridine rings is 1. The van der Waals surface area contributed by atoms with Gasteiger partial charge in [-0.2, -0.15) is 4.37 Å². The number of aromatic nitrogens is 2. The SMILES string of the molecule is c1ccc(Nc2nsc3ccccc23)nc1. The highest BCUT2D eigenvalue weighted by Crippen LogP contribution is 2.27.